The summed E-state index contributed by atoms with van der Waals surface area (Å²) in [6, 6.07) is 12.8. The minimum Gasteiger partial charge on any atom is -0.493 e. The molecule has 1 aromatic heterocycles. The topological polar surface area (TPSA) is 98.8 Å². The Morgan fingerprint density at radius 1 is 0.850 bits per heavy atom. The van der Waals surface area contributed by atoms with Crippen molar-refractivity contribution >= 4 is 46.7 Å². The molecule has 0 bridgehead atoms. The van der Waals surface area contributed by atoms with Crippen molar-refractivity contribution in [1.29, 1.82) is 0 Å². The van der Waals surface area contributed by atoms with Crippen LogP contribution in [-0.4, -0.2) is 37.3 Å². The molecule has 0 saturated heterocycles. The van der Waals surface area contributed by atoms with Gasteiger partial charge >= 0.3 is 0 Å². The van der Waals surface area contributed by atoms with Gasteiger partial charge in [0.05, 0.1) is 19.7 Å². The normalized spacial score (nSPS) is 10.3. The second kappa shape index (κ2) is 14.1. The molecule has 0 fully saturated rings. The number of nitrogens with zero attached hydrogens (tertiary/aromatic N) is 1. The molecule has 40 heavy (non-hydrogen) atoms. The average molecular weight is 570 g/mol. The first-order valence-corrected chi connectivity index (χ1v) is 13.0. The van der Waals surface area contributed by atoms with Crippen molar-refractivity contribution in [3.05, 3.63) is 78.0 Å². The molecule has 0 aliphatic rings. The number of benzene rings is 3. The van der Waals surface area contributed by atoms with E-state index in [1.54, 1.807) is 24.5 Å². The zero-order chi connectivity index (χ0) is 29.2. The summed E-state index contributed by atoms with van der Waals surface area (Å²) in [5.74, 6) is -1.11. The average Bonchev–Trinajstić information content (AvgIpc) is 2.96. The number of hydrogen-bond acceptors (Lipinski definition) is 7. The first-order chi connectivity index (χ1) is 19.3. The van der Waals surface area contributed by atoms with Gasteiger partial charge in [0, 0.05) is 35.1 Å². The van der Waals surface area contributed by atoms with Crippen molar-refractivity contribution in [2.24, 2.45) is 0 Å². The first kappa shape index (κ1) is 30.2. The van der Waals surface area contributed by atoms with E-state index in [9.17, 15) is 14.0 Å². The summed E-state index contributed by atoms with van der Waals surface area (Å²) >= 11 is 3.53. The van der Waals surface area contributed by atoms with Crippen molar-refractivity contribution in [1.82, 2.24) is 4.98 Å². The Labute approximate surface area is 236 Å². The van der Waals surface area contributed by atoms with Gasteiger partial charge in [0.15, 0.2) is 23.1 Å². The number of carbonyl (C=O) groups is 2. The van der Waals surface area contributed by atoms with Crippen molar-refractivity contribution in [2.75, 3.05) is 31.1 Å². The number of halogens is 2. The number of aryl methyl sites for hydroxylation is 1. The third-order valence-corrected chi connectivity index (χ3v) is 5.69. The lowest BCUT2D eigenvalue weighted by Crippen LogP contribution is -2.22. The molecule has 0 saturated carbocycles. The summed E-state index contributed by atoms with van der Waals surface area (Å²) in [7, 11) is 3.03. The van der Waals surface area contributed by atoms with E-state index in [0.717, 1.165) is 6.07 Å². The maximum atomic E-state index is 15.1. The molecule has 2 amide bonds. The van der Waals surface area contributed by atoms with Crippen LogP contribution in [0, 0.1) is 11.6 Å². The van der Waals surface area contributed by atoms with E-state index in [-0.39, 0.29) is 11.4 Å². The van der Waals surface area contributed by atoms with E-state index in [1.165, 1.54) is 50.7 Å². The third kappa shape index (κ3) is 7.38. The van der Waals surface area contributed by atoms with E-state index in [1.807, 2.05) is 6.92 Å². The van der Waals surface area contributed by atoms with E-state index < -0.39 is 29.9 Å². The highest BCUT2D eigenvalue weighted by Crippen LogP contribution is 2.38. The van der Waals surface area contributed by atoms with Gasteiger partial charge in [0.25, 0.3) is 0 Å². The molecule has 3 aromatic carbocycles. The number of hydrogen-bond donors (Lipinski definition) is 3. The number of pyridine rings is 1. The van der Waals surface area contributed by atoms with Gasteiger partial charge in [0.1, 0.15) is 18.0 Å². The molecule has 11 heteroatoms. The van der Waals surface area contributed by atoms with Gasteiger partial charge in [-0.2, -0.15) is 12.6 Å². The fourth-order valence-electron chi connectivity index (χ4n) is 3.82. The lowest BCUT2D eigenvalue weighted by Gasteiger charge is -2.15. The second-order valence-corrected chi connectivity index (χ2v) is 8.21. The smallest absolute Gasteiger partial charge is 0.233 e. The van der Waals surface area contributed by atoms with Crippen LogP contribution in [0.15, 0.2) is 60.8 Å². The Kier molecular flexibility index (Phi) is 10.7. The Bertz CT molecular complexity index is 1500. The number of nitrogens with one attached hydrogen (secondary N) is 2. The lowest BCUT2D eigenvalue weighted by molar-refractivity contribution is -0.123. The number of aromatic nitrogens is 1. The zero-order valence-corrected chi connectivity index (χ0v) is 23.3. The van der Waals surface area contributed by atoms with Gasteiger partial charge in [0.2, 0.25) is 11.8 Å². The number of anilines is 2. The van der Waals surface area contributed by atoms with Gasteiger partial charge in [-0.15, -0.1) is 0 Å². The molecule has 0 aliphatic carbocycles. The standard InChI is InChI=1S/C28H25F2N3O5.CH4S/c1-4-16-11-24(38-23-9-10-31-22-14-26(37-3)25(36-2)12-19(22)23)20(30)13-21(16)33-28(35)15-27(34)32-18-7-5-17(29)6-8-18;1-2/h5-14H,4,15H2,1-3H3,(H,32,34)(H,33,35);2H,1H3. The van der Waals surface area contributed by atoms with E-state index in [2.05, 4.69) is 28.2 Å². The predicted molar refractivity (Wildman–Crippen MR) is 154 cm³/mol. The minimum absolute atomic E-state index is 0.0452. The van der Waals surface area contributed by atoms with Crippen LogP contribution in [0.4, 0.5) is 20.2 Å². The number of rotatable bonds is 9. The largest absolute Gasteiger partial charge is 0.493 e. The SMILES string of the molecule is CCc1cc(Oc2ccnc3cc(OC)c(OC)cc23)c(F)cc1NC(=O)CC(=O)Nc1ccc(F)cc1.CS. The number of methoxy groups -OCH3 is 2. The maximum Gasteiger partial charge on any atom is 0.233 e. The number of amides is 2. The molecule has 2 N–H and O–H groups in total. The molecule has 8 nitrogen and oxygen atoms in total. The third-order valence-electron chi connectivity index (χ3n) is 5.69. The van der Waals surface area contributed by atoms with Crippen LogP contribution < -0.4 is 24.8 Å². The number of fused-ring (bicyclic) bond motifs is 1. The summed E-state index contributed by atoms with van der Waals surface area (Å²) in [4.78, 5) is 29.0. The summed E-state index contributed by atoms with van der Waals surface area (Å²) in [6.07, 6.45) is 3.18. The summed E-state index contributed by atoms with van der Waals surface area (Å²) in [6.45, 7) is 1.84. The van der Waals surface area contributed by atoms with E-state index in [0.29, 0.717) is 45.8 Å². The highest BCUT2D eigenvalue weighted by molar-refractivity contribution is 7.79. The van der Waals surface area contributed by atoms with Crippen molar-refractivity contribution in [2.45, 2.75) is 19.8 Å². The summed E-state index contributed by atoms with van der Waals surface area (Å²) in [5.41, 5.74) is 1.75. The van der Waals surface area contributed by atoms with Crippen molar-refractivity contribution in [3.8, 4) is 23.0 Å². The molecular weight excluding hydrogens is 540 g/mol. The summed E-state index contributed by atoms with van der Waals surface area (Å²) in [5, 5.41) is 5.68. The van der Waals surface area contributed by atoms with Gasteiger partial charge in [-0.3, -0.25) is 14.6 Å². The molecule has 0 unspecified atom stereocenters. The van der Waals surface area contributed by atoms with Crippen LogP contribution in [0.5, 0.6) is 23.0 Å². The fraction of sp³-hybridized carbons (Fsp3) is 0.207. The first-order valence-electron chi connectivity index (χ1n) is 12.1. The molecule has 0 atom stereocenters. The van der Waals surface area contributed by atoms with Crippen LogP contribution >= 0.6 is 12.6 Å². The van der Waals surface area contributed by atoms with E-state index in [4.69, 9.17) is 14.2 Å². The fourth-order valence-corrected chi connectivity index (χ4v) is 3.82. The monoisotopic (exact) mass is 569 g/mol. The Morgan fingerprint density at radius 3 is 2.15 bits per heavy atom. The Hall–Kier alpha value is -4.38. The molecule has 1 heterocycles. The van der Waals surface area contributed by atoms with Crippen molar-refractivity contribution in [3.63, 3.8) is 0 Å². The van der Waals surface area contributed by atoms with Crippen LogP contribution in [0.25, 0.3) is 10.9 Å². The molecule has 0 aliphatic heterocycles. The summed E-state index contributed by atoms with van der Waals surface area (Å²) < 4.78 is 44.7. The molecule has 0 radical (unpaired) electrons. The Balaban J connectivity index is 0.00000216. The molecular formula is C29H29F2N3O5S. The Morgan fingerprint density at radius 2 is 1.50 bits per heavy atom. The van der Waals surface area contributed by atoms with Crippen molar-refractivity contribution < 1.29 is 32.6 Å². The highest BCUT2D eigenvalue weighted by Gasteiger charge is 2.17. The molecule has 210 valence electrons. The van der Waals surface area contributed by atoms with Gasteiger partial charge in [-0.25, -0.2) is 8.78 Å². The van der Waals surface area contributed by atoms with Crippen LogP contribution in [-0.2, 0) is 16.0 Å². The second-order valence-electron chi connectivity index (χ2n) is 8.21. The van der Waals surface area contributed by atoms with Gasteiger partial charge in [-0.1, -0.05) is 6.92 Å². The minimum atomic E-state index is -0.710. The van der Waals surface area contributed by atoms with E-state index >= 15 is 4.39 Å². The number of carbonyl (C=O) groups excluding carboxylic acids is 2. The van der Waals surface area contributed by atoms with Crippen LogP contribution in [0.1, 0.15) is 18.9 Å². The van der Waals surface area contributed by atoms with Crippen LogP contribution in [0.2, 0.25) is 0 Å². The van der Waals surface area contributed by atoms with Crippen LogP contribution in [0.3, 0.4) is 0 Å². The van der Waals surface area contributed by atoms with Gasteiger partial charge in [-0.05, 0) is 60.7 Å². The highest BCUT2D eigenvalue weighted by atomic mass is 32.1. The number of thiol groups is 1. The predicted octanol–water partition coefficient (Wildman–Crippen LogP) is 6.40. The van der Waals surface area contributed by atoms with Gasteiger partial charge < -0.3 is 24.8 Å². The maximum absolute atomic E-state index is 15.1. The molecule has 0 spiro atoms. The lowest BCUT2D eigenvalue weighted by atomic mass is 10.1. The quantitative estimate of drug-likeness (QED) is 0.159. The molecule has 4 aromatic rings. The zero-order valence-electron chi connectivity index (χ0n) is 22.4. The molecule has 4 rings (SSSR count). The number of ether oxygens (including phenoxy) is 3.